The number of halogens is 2. The van der Waals surface area contributed by atoms with E-state index in [9.17, 15) is 4.79 Å². The van der Waals surface area contributed by atoms with Gasteiger partial charge in [-0.15, -0.1) is 12.4 Å². The molecule has 30 heavy (non-hydrogen) atoms. The SMILES string of the molecule is CN(C)CCCN(C(=O)C12CC3CC(CC(C3)C1)C2)c1nc2ccc(Cl)cc2s1.Cl. The molecule has 0 spiro atoms. The van der Waals surface area contributed by atoms with Crippen molar-refractivity contribution in [1.82, 2.24) is 9.88 Å². The number of hydrogen-bond acceptors (Lipinski definition) is 4. The van der Waals surface area contributed by atoms with Crippen molar-refractivity contribution in [2.45, 2.75) is 44.9 Å². The van der Waals surface area contributed by atoms with E-state index in [2.05, 4.69) is 19.0 Å². The second-order valence-corrected chi connectivity index (χ2v) is 11.4. The minimum Gasteiger partial charge on any atom is -0.309 e. The second-order valence-electron chi connectivity index (χ2n) is 9.92. The molecule has 2 aromatic rings. The van der Waals surface area contributed by atoms with Crippen LogP contribution in [0.15, 0.2) is 18.2 Å². The molecule has 164 valence electrons. The first-order valence-electron chi connectivity index (χ1n) is 10.9. The number of thiazole rings is 1. The van der Waals surface area contributed by atoms with E-state index in [0.717, 1.165) is 76.9 Å². The molecule has 0 radical (unpaired) electrons. The Bertz CT molecular complexity index is 893. The Balaban J connectivity index is 0.00000218. The van der Waals surface area contributed by atoms with Crippen molar-refractivity contribution < 1.29 is 4.79 Å². The van der Waals surface area contributed by atoms with Crippen LogP contribution in [0.2, 0.25) is 5.02 Å². The first-order chi connectivity index (χ1) is 13.9. The molecule has 0 saturated heterocycles. The van der Waals surface area contributed by atoms with E-state index in [0.29, 0.717) is 5.91 Å². The van der Waals surface area contributed by atoms with Crippen LogP contribution in [0.3, 0.4) is 0 Å². The van der Waals surface area contributed by atoms with E-state index in [4.69, 9.17) is 16.6 Å². The quantitative estimate of drug-likeness (QED) is 0.532. The topological polar surface area (TPSA) is 36.4 Å². The van der Waals surface area contributed by atoms with Crippen LogP contribution in [-0.4, -0.2) is 43.0 Å². The average Bonchev–Trinajstić information content (AvgIpc) is 3.06. The molecule has 0 aliphatic heterocycles. The number of fused-ring (bicyclic) bond motifs is 1. The summed E-state index contributed by atoms with van der Waals surface area (Å²) in [5.41, 5.74) is 0.799. The van der Waals surface area contributed by atoms with Gasteiger partial charge in [-0.3, -0.25) is 9.69 Å². The minimum atomic E-state index is -0.137. The molecule has 4 aliphatic carbocycles. The van der Waals surface area contributed by atoms with Crippen molar-refractivity contribution in [1.29, 1.82) is 0 Å². The fourth-order valence-electron chi connectivity index (χ4n) is 6.49. The zero-order valence-electron chi connectivity index (χ0n) is 17.8. The molecule has 7 heteroatoms. The van der Waals surface area contributed by atoms with Crippen LogP contribution in [0.4, 0.5) is 5.13 Å². The van der Waals surface area contributed by atoms with Gasteiger partial charge in [0.05, 0.1) is 15.6 Å². The highest BCUT2D eigenvalue weighted by atomic mass is 35.5. The van der Waals surface area contributed by atoms with Gasteiger partial charge in [0.25, 0.3) is 0 Å². The highest BCUT2D eigenvalue weighted by molar-refractivity contribution is 7.22. The van der Waals surface area contributed by atoms with E-state index in [-0.39, 0.29) is 17.8 Å². The number of anilines is 1. The number of carbonyl (C=O) groups excluding carboxylic acids is 1. The highest BCUT2D eigenvalue weighted by Crippen LogP contribution is 2.60. The van der Waals surface area contributed by atoms with E-state index >= 15 is 0 Å². The number of hydrogen-bond donors (Lipinski definition) is 0. The number of carbonyl (C=O) groups is 1. The van der Waals surface area contributed by atoms with E-state index in [1.54, 1.807) is 11.3 Å². The van der Waals surface area contributed by atoms with Gasteiger partial charge in [-0.2, -0.15) is 0 Å². The first kappa shape index (κ1) is 22.3. The predicted octanol–water partition coefficient (Wildman–Crippen LogP) is 5.87. The Morgan fingerprint density at radius 2 is 1.77 bits per heavy atom. The summed E-state index contributed by atoms with van der Waals surface area (Å²) in [5, 5.41) is 1.57. The molecule has 1 amide bonds. The third-order valence-electron chi connectivity index (χ3n) is 7.29. The van der Waals surface area contributed by atoms with Crippen molar-refractivity contribution in [3.63, 3.8) is 0 Å². The molecule has 1 aromatic carbocycles. The summed E-state index contributed by atoms with van der Waals surface area (Å²) in [6.45, 7) is 1.72. The molecule has 0 atom stereocenters. The van der Waals surface area contributed by atoms with Crippen molar-refractivity contribution in [2.24, 2.45) is 23.2 Å². The lowest BCUT2D eigenvalue weighted by Crippen LogP contribution is -2.55. The van der Waals surface area contributed by atoms with Crippen LogP contribution in [0.1, 0.15) is 44.9 Å². The average molecular weight is 468 g/mol. The van der Waals surface area contributed by atoms with Crippen molar-refractivity contribution in [2.75, 3.05) is 32.1 Å². The van der Waals surface area contributed by atoms with Gasteiger partial charge in [0, 0.05) is 11.6 Å². The summed E-state index contributed by atoms with van der Waals surface area (Å²) >= 11 is 7.80. The van der Waals surface area contributed by atoms with Crippen LogP contribution in [0.25, 0.3) is 10.2 Å². The molecule has 1 heterocycles. The normalized spacial score (nSPS) is 29.4. The van der Waals surface area contributed by atoms with Crippen molar-refractivity contribution in [3.8, 4) is 0 Å². The van der Waals surface area contributed by atoms with Crippen molar-refractivity contribution >= 4 is 56.6 Å². The maximum atomic E-state index is 14.1. The summed E-state index contributed by atoms with van der Waals surface area (Å²) in [7, 11) is 4.18. The van der Waals surface area contributed by atoms with Gasteiger partial charge >= 0.3 is 0 Å². The third-order valence-corrected chi connectivity index (χ3v) is 8.57. The lowest BCUT2D eigenvalue weighted by molar-refractivity contribution is -0.143. The highest BCUT2D eigenvalue weighted by Gasteiger charge is 2.55. The maximum absolute atomic E-state index is 14.1. The molecule has 0 unspecified atom stereocenters. The standard InChI is InChI=1S/C23H30ClN3OS.ClH/c1-26(2)6-3-7-27(22-25-19-5-4-18(24)11-20(19)29-22)21(28)23-12-15-8-16(13-23)10-17(9-15)14-23;/h4-5,11,15-17H,3,6-10,12-14H2,1-2H3;1H. The van der Waals surface area contributed by atoms with Gasteiger partial charge in [0.2, 0.25) is 5.91 Å². The van der Waals surface area contributed by atoms with Gasteiger partial charge in [-0.05, 0) is 102 Å². The van der Waals surface area contributed by atoms with E-state index in [1.165, 1.54) is 19.3 Å². The van der Waals surface area contributed by atoms with Gasteiger partial charge in [0.1, 0.15) is 0 Å². The molecule has 6 rings (SSSR count). The summed E-state index contributed by atoms with van der Waals surface area (Å²) in [5.74, 6) is 2.65. The molecule has 4 saturated carbocycles. The molecule has 0 N–H and O–H groups in total. The zero-order valence-corrected chi connectivity index (χ0v) is 20.2. The smallest absolute Gasteiger partial charge is 0.235 e. The number of rotatable bonds is 6. The Hall–Kier alpha value is -0.880. The second kappa shape index (κ2) is 8.57. The molecule has 4 bridgehead atoms. The fourth-order valence-corrected chi connectivity index (χ4v) is 7.76. The van der Waals surface area contributed by atoms with Crippen LogP contribution in [0.5, 0.6) is 0 Å². The van der Waals surface area contributed by atoms with E-state index < -0.39 is 0 Å². The van der Waals surface area contributed by atoms with Crippen LogP contribution in [-0.2, 0) is 4.79 Å². The van der Waals surface area contributed by atoms with Crippen LogP contribution in [0, 0.1) is 23.2 Å². The first-order valence-corrected chi connectivity index (χ1v) is 12.1. The Morgan fingerprint density at radius 3 is 2.37 bits per heavy atom. The molecule has 4 nitrogen and oxygen atoms in total. The maximum Gasteiger partial charge on any atom is 0.235 e. The lowest BCUT2D eigenvalue weighted by Gasteiger charge is -2.56. The van der Waals surface area contributed by atoms with Gasteiger partial charge in [-0.25, -0.2) is 4.98 Å². The van der Waals surface area contributed by atoms with Crippen molar-refractivity contribution in [3.05, 3.63) is 23.2 Å². The predicted molar refractivity (Wildman–Crippen MR) is 128 cm³/mol. The van der Waals surface area contributed by atoms with Gasteiger partial charge in [0.15, 0.2) is 5.13 Å². The Morgan fingerprint density at radius 1 is 1.13 bits per heavy atom. The number of benzene rings is 1. The minimum absolute atomic E-state index is 0. The summed E-state index contributed by atoms with van der Waals surface area (Å²) in [4.78, 5) is 23.1. The molecular formula is C23H31Cl2N3OS. The number of nitrogens with zero attached hydrogens (tertiary/aromatic N) is 3. The summed E-state index contributed by atoms with van der Waals surface area (Å²) in [6, 6.07) is 5.81. The lowest BCUT2D eigenvalue weighted by atomic mass is 9.49. The molecular weight excluding hydrogens is 437 g/mol. The zero-order chi connectivity index (χ0) is 20.2. The van der Waals surface area contributed by atoms with E-state index in [1.807, 2.05) is 23.1 Å². The molecule has 1 aromatic heterocycles. The number of aromatic nitrogens is 1. The molecule has 4 aliphatic rings. The number of amides is 1. The Labute approximate surface area is 194 Å². The Kier molecular flexibility index (Phi) is 6.38. The summed E-state index contributed by atoms with van der Waals surface area (Å²) in [6.07, 6.45) is 8.31. The third kappa shape index (κ3) is 4.11. The van der Waals surface area contributed by atoms with Crippen LogP contribution >= 0.6 is 35.3 Å². The van der Waals surface area contributed by atoms with Crippen LogP contribution < -0.4 is 4.90 Å². The summed E-state index contributed by atoms with van der Waals surface area (Å²) < 4.78 is 1.06. The largest absolute Gasteiger partial charge is 0.309 e. The van der Waals surface area contributed by atoms with Gasteiger partial charge < -0.3 is 4.90 Å². The fraction of sp³-hybridized carbons (Fsp3) is 0.652. The monoisotopic (exact) mass is 467 g/mol. The molecule has 4 fully saturated rings. The van der Waals surface area contributed by atoms with Gasteiger partial charge in [-0.1, -0.05) is 22.9 Å².